The fourth-order valence-corrected chi connectivity index (χ4v) is 3.59. The predicted octanol–water partition coefficient (Wildman–Crippen LogP) is 5.04. The van der Waals surface area contributed by atoms with Crippen LogP contribution < -0.4 is 5.32 Å². The van der Waals surface area contributed by atoms with Crippen LogP contribution in [0.3, 0.4) is 0 Å². The number of carbonyl (C=O) groups is 2. The molecule has 0 aliphatic heterocycles. The molecule has 0 saturated heterocycles. The maximum absolute atomic E-state index is 13.2. The van der Waals surface area contributed by atoms with Crippen LogP contribution in [0.2, 0.25) is 0 Å². The number of hydrogen-bond donors (Lipinski definition) is 1. The molecule has 2 rings (SSSR count). The zero-order chi connectivity index (χ0) is 21.6. The molecule has 1 aromatic carbocycles. The molecule has 1 saturated carbocycles. The van der Waals surface area contributed by atoms with Crippen LogP contribution in [0.5, 0.6) is 0 Å². The molecule has 2 atom stereocenters. The Labute approximate surface area is 170 Å². The number of rotatable bonds is 10. The zero-order valence-electron chi connectivity index (χ0n) is 17.4. The third-order valence-electron chi connectivity index (χ3n) is 5.43. The van der Waals surface area contributed by atoms with Crippen LogP contribution in [-0.4, -0.2) is 41.5 Å². The van der Waals surface area contributed by atoms with Crippen LogP contribution in [0.1, 0.15) is 81.1 Å². The van der Waals surface area contributed by atoms with Gasteiger partial charge in [0.05, 0.1) is 5.92 Å². The van der Waals surface area contributed by atoms with Crippen molar-refractivity contribution in [2.75, 3.05) is 6.54 Å². The molecule has 1 fully saturated rings. The average molecular weight is 412 g/mol. The summed E-state index contributed by atoms with van der Waals surface area (Å²) in [5.74, 6) is -1.75. The molecule has 1 aromatic rings. The summed E-state index contributed by atoms with van der Waals surface area (Å²) < 4.78 is 38.8. The van der Waals surface area contributed by atoms with Crippen LogP contribution in [0.15, 0.2) is 24.3 Å². The third kappa shape index (κ3) is 6.75. The van der Waals surface area contributed by atoms with Gasteiger partial charge in [0, 0.05) is 31.1 Å². The molecule has 0 bridgehead atoms. The van der Waals surface area contributed by atoms with Crippen LogP contribution in [0.25, 0.3) is 0 Å². The van der Waals surface area contributed by atoms with Crippen molar-refractivity contribution in [2.24, 2.45) is 0 Å². The minimum absolute atomic E-state index is 0.0691. The van der Waals surface area contributed by atoms with Crippen LogP contribution in [-0.2, 0) is 4.79 Å². The van der Waals surface area contributed by atoms with Crippen molar-refractivity contribution in [1.82, 2.24) is 10.2 Å². The summed E-state index contributed by atoms with van der Waals surface area (Å²) in [6.07, 6.45) is 0.991. The molecule has 0 heterocycles. The maximum Gasteiger partial charge on any atom is 0.395 e. The number of halogens is 3. The minimum Gasteiger partial charge on any atom is -0.356 e. The van der Waals surface area contributed by atoms with Crippen molar-refractivity contribution in [3.8, 4) is 0 Å². The lowest BCUT2D eigenvalue weighted by Crippen LogP contribution is -2.42. The molecule has 1 N–H and O–H groups in total. The van der Waals surface area contributed by atoms with Gasteiger partial charge in [0.1, 0.15) is 0 Å². The van der Waals surface area contributed by atoms with Crippen molar-refractivity contribution >= 4 is 11.8 Å². The Bertz CT molecular complexity index is 684. The number of nitrogens with zero attached hydrogens (tertiary/aromatic N) is 1. The van der Waals surface area contributed by atoms with Crippen LogP contribution >= 0.6 is 0 Å². The molecule has 162 valence electrons. The van der Waals surface area contributed by atoms with E-state index in [9.17, 15) is 22.8 Å². The monoisotopic (exact) mass is 412 g/mol. The highest BCUT2D eigenvalue weighted by molar-refractivity contribution is 5.95. The number of nitrogens with one attached hydrogen (secondary N) is 1. The summed E-state index contributed by atoms with van der Waals surface area (Å²) in [6.45, 7) is 5.25. The van der Waals surface area contributed by atoms with E-state index in [0.29, 0.717) is 12.1 Å². The first-order valence-electron chi connectivity index (χ1n) is 10.4. The van der Waals surface area contributed by atoms with Crippen molar-refractivity contribution in [3.05, 3.63) is 35.4 Å². The first-order chi connectivity index (χ1) is 13.6. The summed E-state index contributed by atoms with van der Waals surface area (Å²) in [7, 11) is 0. The van der Waals surface area contributed by atoms with E-state index in [1.165, 1.54) is 31.2 Å². The first-order valence-corrected chi connectivity index (χ1v) is 10.4. The van der Waals surface area contributed by atoms with Gasteiger partial charge in [-0.2, -0.15) is 13.2 Å². The molecule has 0 spiro atoms. The van der Waals surface area contributed by atoms with Crippen LogP contribution in [0, 0.1) is 0 Å². The topological polar surface area (TPSA) is 49.4 Å². The molecule has 29 heavy (non-hydrogen) atoms. The highest BCUT2D eigenvalue weighted by Gasteiger charge is 2.38. The Morgan fingerprint density at radius 2 is 1.79 bits per heavy atom. The number of carbonyl (C=O) groups excluding carboxylic acids is 2. The number of amides is 2. The zero-order valence-corrected chi connectivity index (χ0v) is 17.4. The number of benzene rings is 1. The summed E-state index contributed by atoms with van der Waals surface area (Å²) >= 11 is 0. The molecule has 7 heteroatoms. The van der Waals surface area contributed by atoms with Crippen molar-refractivity contribution in [1.29, 1.82) is 0 Å². The fourth-order valence-electron chi connectivity index (χ4n) is 3.59. The average Bonchev–Trinajstić information content (AvgIpc) is 3.48. The quantitative estimate of drug-likeness (QED) is 0.547. The molecule has 0 aromatic heterocycles. The van der Waals surface area contributed by atoms with E-state index < -0.39 is 12.1 Å². The maximum atomic E-state index is 13.2. The molecule has 2 amide bonds. The SMILES string of the molecule is CCCC(CCCNC(C)=O)N(C(=O)c1ccc(C(C)C(F)(F)F)cc1)C1CC1. The van der Waals surface area contributed by atoms with Gasteiger partial charge in [0.2, 0.25) is 5.91 Å². The Hall–Kier alpha value is -2.05. The standard InChI is InChI=1S/C22H31F3N2O2/c1-4-6-19(7-5-14-26-16(3)28)27(20-12-13-20)21(29)18-10-8-17(9-11-18)15(2)22(23,24)25/h8-11,15,19-20H,4-7,12-14H2,1-3H3,(H,26,28). The Balaban J connectivity index is 2.11. The predicted molar refractivity (Wildman–Crippen MR) is 107 cm³/mol. The molecule has 4 nitrogen and oxygen atoms in total. The molecular formula is C22H31F3N2O2. The summed E-state index contributed by atoms with van der Waals surface area (Å²) in [5.41, 5.74) is 0.588. The second-order valence-corrected chi connectivity index (χ2v) is 7.90. The lowest BCUT2D eigenvalue weighted by atomic mass is 9.98. The third-order valence-corrected chi connectivity index (χ3v) is 5.43. The largest absolute Gasteiger partial charge is 0.395 e. The van der Waals surface area contributed by atoms with Crippen molar-refractivity contribution < 1.29 is 22.8 Å². The fraction of sp³-hybridized carbons (Fsp3) is 0.636. The van der Waals surface area contributed by atoms with E-state index in [0.717, 1.165) is 45.4 Å². The van der Waals surface area contributed by atoms with E-state index in [4.69, 9.17) is 0 Å². The minimum atomic E-state index is -4.30. The van der Waals surface area contributed by atoms with Gasteiger partial charge in [-0.1, -0.05) is 25.5 Å². The van der Waals surface area contributed by atoms with E-state index in [1.54, 1.807) is 0 Å². The molecule has 1 aliphatic rings. The molecular weight excluding hydrogens is 381 g/mol. The number of alkyl halides is 3. The van der Waals surface area contributed by atoms with Crippen molar-refractivity contribution in [2.45, 2.75) is 83.5 Å². The normalized spacial score (nSPS) is 16.2. The highest BCUT2D eigenvalue weighted by Crippen LogP contribution is 2.35. The second kappa shape index (κ2) is 10.1. The van der Waals surface area contributed by atoms with Gasteiger partial charge < -0.3 is 10.2 Å². The highest BCUT2D eigenvalue weighted by atomic mass is 19.4. The van der Waals surface area contributed by atoms with Crippen molar-refractivity contribution in [3.63, 3.8) is 0 Å². The molecule has 0 radical (unpaired) electrons. The van der Waals surface area contributed by atoms with E-state index in [2.05, 4.69) is 12.2 Å². The smallest absolute Gasteiger partial charge is 0.356 e. The Morgan fingerprint density at radius 3 is 2.28 bits per heavy atom. The summed E-state index contributed by atoms with van der Waals surface area (Å²) in [5, 5.41) is 2.78. The molecule has 2 unspecified atom stereocenters. The summed E-state index contributed by atoms with van der Waals surface area (Å²) in [6, 6.07) is 6.10. The first kappa shape index (κ1) is 23.2. The number of hydrogen-bond acceptors (Lipinski definition) is 2. The van der Waals surface area contributed by atoms with Gasteiger partial charge in [0.15, 0.2) is 0 Å². The van der Waals surface area contributed by atoms with Gasteiger partial charge >= 0.3 is 6.18 Å². The lowest BCUT2D eigenvalue weighted by molar-refractivity contribution is -0.146. The second-order valence-electron chi connectivity index (χ2n) is 7.90. The van der Waals surface area contributed by atoms with Gasteiger partial charge in [-0.05, 0) is 56.7 Å². The van der Waals surface area contributed by atoms with Gasteiger partial charge in [-0.25, -0.2) is 0 Å². The van der Waals surface area contributed by atoms with Gasteiger partial charge in [-0.15, -0.1) is 0 Å². The van der Waals surface area contributed by atoms with E-state index >= 15 is 0 Å². The van der Waals surface area contributed by atoms with E-state index in [-0.39, 0.29) is 29.5 Å². The summed E-state index contributed by atoms with van der Waals surface area (Å²) in [4.78, 5) is 26.2. The van der Waals surface area contributed by atoms with Crippen LogP contribution in [0.4, 0.5) is 13.2 Å². The van der Waals surface area contributed by atoms with Gasteiger partial charge in [0.25, 0.3) is 5.91 Å². The molecule has 1 aliphatic carbocycles. The lowest BCUT2D eigenvalue weighted by Gasteiger charge is -2.32. The Morgan fingerprint density at radius 1 is 1.17 bits per heavy atom. The Kier molecular flexibility index (Phi) is 8.11. The van der Waals surface area contributed by atoms with E-state index in [1.807, 2.05) is 4.90 Å². The van der Waals surface area contributed by atoms with Gasteiger partial charge in [-0.3, -0.25) is 9.59 Å².